The topological polar surface area (TPSA) is 42.4 Å². The third-order valence-electron chi connectivity index (χ3n) is 28.3. The zero-order chi connectivity index (χ0) is 75.6. The van der Waals surface area contributed by atoms with Crippen molar-refractivity contribution in [2.24, 2.45) is 0 Å². The van der Waals surface area contributed by atoms with E-state index in [0.717, 1.165) is 64.8 Å². The third kappa shape index (κ3) is 10.1. The fourth-order valence-electron chi connectivity index (χ4n) is 23.7. The molecule has 4 heteroatoms. The van der Waals surface area contributed by atoms with Gasteiger partial charge in [-0.05, 0) is 220 Å². The second kappa shape index (κ2) is 28.1. The molecule has 0 amide bonds. The molecule has 2 spiro atoms. The lowest BCUT2D eigenvalue weighted by Gasteiger charge is -2.40. The van der Waals surface area contributed by atoms with Gasteiger partial charge in [0.25, 0.3) is 0 Å². The molecule has 0 saturated carbocycles. The van der Waals surface area contributed by atoms with Gasteiger partial charge in [-0.15, -0.1) is 0 Å². The second-order valence-electron chi connectivity index (χ2n) is 34.3. The molecule has 3 aromatic heterocycles. The van der Waals surface area contributed by atoms with Crippen LogP contribution < -0.4 is 4.90 Å². The Morgan fingerprint density at radius 2 is 0.664 bits per heavy atom. The van der Waals surface area contributed by atoms with E-state index in [1.165, 1.54) is 267 Å². The van der Waals surface area contributed by atoms with E-state index in [0.29, 0.717) is 0 Å². The van der Waals surface area contributed by atoms with Crippen molar-refractivity contribution in [1.82, 2.24) is 4.98 Å². The Balaban J connectivity index is 0.820. The molecule has 0 aliphatic heterocycles. The SMILES string of the molecule is CCCCCCCC1(CCCCCCC)c2cc(N(c3ccncc3)c3ccc4c(c3)C3(c5ccccc5-c5ccccc53)c3cc5c(cc3-4)C3(c4ccccc4-c4ccccc43)c3ccc4oc6ccccc6c4c3-5)ccc2-c2c1c1c(c3c2oc2ccccc23)-c2ccccc2C1(CCCCCCC)CCCCCCC. The molecular formula is C109H102N2O2. The standard InChI is InChI=1S/C109H102N2O2/c1-5-9-13-17-35-61-106(62-36-18-14-10-6-2)85-46-28-25-43-79(85)100-101-82-45-27-34-52-96(82)113-105(101)102-80-56-54-72(67-91(80)107(104(102)103(100)106,63-37-19-15-11-7-3)64-38-20-16-12-8-4)111(71-59-65-110-66-60-71)73-53-55-78-83-69-94-84(70-93(83)109(92(78)68-73)88-49-31-23-41-76(88)77-42-24-32-50-89(77)109)98-90(57-58-97-99(98)81-44-26-33-51-95(81)112-97)108(94)86-47-29-21-39-74(86)75-40-22-30-48-87(75)108/h21-34,39-60,65-70H,5-20,35-38,61-64H2,1-4H3. The quantitative estimate of drug-likeness (QED) is 0.0481. The number of hydrogen-bond acceptors (Lipinski definition) is 4. The molecule has 12 aromatic carbocycles. The van der Waals surface area contributed by atoms with Gasteiger partial charge < -0.3 is 13.7 Å². The van der Waals surface area contributed by atoms with Crippen LogP contribution in [0.25, 0.3) is 111 Å². The molecule has 0 saturated heterocycles. The zero-order valence-electron chi connectivity index (χ0n) is 66.4. The average molecular weight is 1470 g/mol. The molecule has 15 aromatic rings. The molecule has 6 aliphatic carbocycles. The maximum absolute atomic E-state index is 7.71. The van der Waals surface area contributed by atoms with Gasteiger partial charge >= 0.3 is 0 Å². The van der Waals surface area contributed by atoms with Crippen molar-refractivity contribution in [2.45, 2.75) is 203 Å². The molecule has 3 heterocycles. The Morgan fingerprint density at radius 3 is 1.21 bits per heavy atom. The van der Waals surface area contributed by atoms with Crippen LogP contribution >= 0.6 is 0 Å². The van der Waals surface area contributed by atoms with Crippen LogP contribution in [-0.2, 0) is 21.7 Å². The number of furan rings is 2. The first-order chi connectivity index (χ1) is 55.9. The molecule has 0 radical (unpaired) electrons. The summed E-state index contributed by atoms with van der Waals surface area (Å²) in [7, 11) is 0. The highest BCUT2D eigenvalue weighted by atomic mass is 16.3. The number of benzene rings is 12. The summed E-state index contributed by atoms with van der Waals surface area (Å²) < 4.78 is 14.6. The van der Waals surface area contributed by atoms with E-state index in [1.54, 1.807) is 16.7 Å². The van der Waals surface area contributed by atoms with E-state index in [-0.39, 0.29) is 10.8 Å². The number of hydrogen-bond donors (Lipinski definition) is 0. The minimum absolute atomic E-state index is 0.171. The molecule has 4 nitrogen and oxygen atoms in total. The first kappa shape index (κ1) is 70.1. The molecule has 6 aliphatic rings. The van der Waals surface area contributed by atoms with E-state index in [2.05, 4.69) is 275 Å². The normalized spacial score (nSPS) is 15.0. The Bertz CT molecular complexity index is 6140. The average Bonchev–Trinajstić information content (AvgIpc) is 1.50. The number of anilines is 3. The summed E-state index contributed by atoms with van der Waals surface area (Å²) >= 11 is 0. The molecular weight excluding hydrogens is 1370 g/mol. The molecule has 0 atom stereocenters. The summed E-state index contributed by atoms with van der Waals surface area (Å²) in [5.41, 5.74) is 38.4. The molecule has 560 valence electrons. The molecule has 0 fully saturated rings. The van der Waals surface area contributed by atoms with Gasteiger partial charge in [-0.1, -0.05) is 332 Å². The number of unbranched alkanes of at least 4 members (excludes halogenated alkanes) is 16. The Hall–Kier alpha value is -10.8. The third-order valence-corrected chi connectivity index (χ3v) is 28.3. The van der Waals surface area contributed by atoms with Crippen LogP contribution in [0.3, 0.4) is 0 Å². The fourth-order valence-corrected chi connectivity index (χ4v) is 23.7. The van der Waals surface area contributed by atoms with Gasteiger partial charge in [0.05, 0.1) is 10.8 Å². The summed E-state index contributed by atoms with van der Waals surface area (Å²) in [4.78, 5) is 7.42. The van der Waals surface area contributed by atoms with Crippen molar-refractivity contribution in [3.63, 3.8) is 0 Å². The predicted octanol–water partition coefficient (Wildman–Crippen LogP) is 31.0. The summed E-state index contributed by atoms with van der Waals surface area (Å²) in [5.74, 6) is 0. The van der Waals surface area contributed by atoms with Crippen molar-refractivity contribution in [1.29, 1.82) is 0 Å². The summed E-state index contributed by atoms with van der Waals surface area (Å²) in [5, 5.41) is 4.90. The van der Waals surface area contributed by atoms with Gasteiger partial charge in [0, 0.05) is 67.4 Å². The van der Waals surface area contributed by atoms with Crippen LogP contribution in [0.4, 0.5) is 17.1 Å². The monoisotopic (exact) mass is 1470 g/mol. The fraction of sp³-hybridized carbons (Fsp3) is 0.294. The highest BCUT2D eigenvalue weighted by Gasteiger charge is 2.58. The second-order valence-corrected chi connectivity index (χ2v) is 34.3. The van der Waals surface area contributed by atoms with Crippen LogP contribution in [0.2, 0.25) is 0 Å². The smallest absolute Gasteiger partial charge is 0.144 e. The van der Waals surface area contributed by atoms with Crippen LogP contribution in [0.1, 0.15) is 249 Å². The van der Waals surface area contributed by atoms with Gasteiger partial charge in [0.15, 0.2) is 0 Å². The number of rotatable bonds is 27. The van der Waals surface area contributed by atoms with E-state index in [9.17, 15) is 0 Å². The van der Waals surface area contributed by atoms with Gasteiger partial charge in [0.1, 0.15) is 22.3 Å². The zero-order valence-corrected chi connectivity index (χ0v) is 66.4. The van der Waals surface area contributed by atoms with Gasteiger partial charge in [0.2, 0.25) is 0 Å². The lowest BCUT2D eigenvalue weighted by Crippen LogP contribution is -2.33. The van der Waals surface area contributed by atoms with Crippen LogP contribution in [-0.4, -0.2) is 4.98 Å². The number of fused-ring (bicyclic) bond motifs is 36. The maximum atomic E-state index is 7.71. The molecule has 0 unspecified atom stereocenters. The van der Waals surface area contributed by atoms with Crippen molar-refractivity contribution < 1.29 is 8.83 Å². The summed E-state index contributed by atoms with van der Waals surface area (Å²) in [6.45, 7) is 9.49. The molecule has 0 bridgehead atoms. The van der Waals surface area contributed by atoms with Crippen molar-refractivity contribution in [3.8, 4) is 66.8 Å². The molecule has 113 heavy (non-hydrogen) atoms. The lowest BCUT2D eigenvalue weighted by atomic mass is 9.62. The van der Waals surface area contributed by atoms with Gasteiger partial charge in [-0.3, -0.25) is 4.98 Å². The van der Waals surface area contributed by atoms with E-state index in [1.807, 2.05) is 12.4 Å². The van der Waals surface area contributed by atoms with E-state index >= 15 is 0 Å². The minimum Gasteiger partial charge on any atom is -0.456 e. The Labute approximate surface area is 667 Å². The maximum Gasteiger partial charge on any atom is 0.144 e. The highest BCUT2D eigenvalue weighted by molar-refractivity contribution is 6.22. The Morgan fingerprint density at radius 1 is 0.265 bits per heavy atom. The summed E-state index contributed by atoms with van der Waals surface area (Å²) in [6, 6.07) is 95.0. The predicted molar refractivity (Wildman–Crippen MR) is 472 cm³/mol. The summed E-state index contributed by atoms with van der Waals surface area (Å²) in [6.07, 6.45) is 33.4. The molecule has 21 rings (SSSR count). The van der Waals surface area contributed by atoms with Crippen LogP contribution in [0.5, 0.6) is 0 Å². The van der Waals surface area contributed by atoms with Gasteiger partial charge in [-0.2, -0.15) is 0 Å². The number of aromatic nitrogens is 1. The largest absolute Gasteiger partial charge is 0.456 e. The van der Waals surface area contributed by atoms with Crippen molar-refractivity contribution in [2.75, 3.05) is 4.90 Å². The highest BCUT2D eigenvalue weighted by Crippen LogP contribution is 2.72. The number of pyridine rings is 1. The van der Waals surface area contributed by atoms with Crippen molar-refractivity contribution >= 4 is 60.9 Å². The Kier molecular flexibility index (Phi) is 17.4. The van der Waals surface area contributed by atoms with E-state index in [4.69, 9.17) is 13.8 Å². The molecule has 0 N–H and O–H groups in total. The first-order valence-corrected chi connectivity index (χ1v) is 43.6. The van der Waals surface area contributed by atoms with Gasteiger partial charge in [-0.25, -0.2) is 0 Å². The minimum atomic E-state index is -0.695. The number of para-hydroxylation sites is 2. The van der Waals surface area contributed by atoms with E-state index < -0.39 is 10.8 Å². The van der Waals surface area contributed by atoms with Crippen molar-refractivity contribution in [3.05, 3.63) is 322 Å². The van der Waals surface area contributed by atoms with Crippen LogP contribution in [0.15, 0.2) is 264 Å². The van der Waals surface area contributed by atoms with Crippen LogP contribution in [0, 0.1) is 0 Å². The lowest BCUT2D eigenvalue weighted by molar-refractivity contribution is 0.369. The number of nitrogens with zero attached hydrogens (tertiary/aromatic N) is 2. The first-order valence-electron chi connectivity index (χ1n) is 43.6.